The summed E-state index contributed by atoms with van der Waals surface area (Å²) < 4.78 is 5.59. The molecule has 4 heteroatoms. The first-order valence-electron chi connectivity index (χ1n) is 11.2. The summed E-state index contributed by atoms with van der Waals surface area (Å²) in [6.45, 7) is 0.430. The lowest BCUT2D eigenvalue weighted by Crippen LogP contribution is -2.07. The quantitative estimate of drug-likeness (QED) is 0.163. The number of rotatable bonds is 11. The van der Waals surface area contributed by atoms with Crippen LogP contribution in [-0.2, 0) is 9.53 Å². The monoisotopic (exact) mass is 416 g/mol. The van der Waals surface area contributed by atoms with E-state index in [1.807, 2.05) is 18.2 Å². The Labute approximate surface area is 182 Å². The molecule has 4 rings (SSSR count). The number of carbonyl (C=O) groups excluding carboxylic acids is 1. The number of hydrogen-bond donors (Lipinski definition) is 1. The average Bonchev–Trinajstić information content (AvgIpc) is 2.78. The van der Waals surface area contributed by atoms with Crippen molar-refractivity contribution in [1.29, 1.82) is 0 Å². The van der Waals surface area contributed by atoms with Crippen LogP contribution in [0.15, 0.2) is 54.6 Å². The normalized spacial score (nSPS) is 11.5. The Bertz CT molecular complexity index is 1180. The van der Waals surface area contributed by atoms with E-state index in [1.165, 1.54) is 16.2 Å². The van der Waals surface area contributed by atoms with Crippen molar-refractivity contribution >= 4 is 44.3 Å². The van der Waals surface area contributed by atoms with Gasteiger partial charge < -0.3 is 9.84 Å². The minimum atomic E-state index is -0.716. The van der Waals surface area contributed by atoms with Crippen LogP contribution in [0.5, 0.6) is 0 Å². The largest absolute Gasteiger partial charge is 0.481 e. The van der Waals surface area contributed by atoms with Gasteiger partial charge in [0.1, 0.15) is 0 Å². The number of carboxylic acid groups (broad SMARTS) is 1. The fraction of sp³-hybridized carbons (Fsp3) is 0.333. The van der Waals surface area contributed by atoms with Gasteiger partial charge in [-0.15, -0.1) is 0 Å². The molecule has 4 nitrogen and oxygen atoms in total. The molecule has 0 unspecified atom stereocenters. The van der Waals surface area contributed by atoms with Crippen LogP contribution in [0, 0.1) is 0 Å². The standard InChI is InChI=1S/C27H28O4/c28-24(29)11-6-4-2-1-3-5-7-18-31-27(30)23-17-15-21-13-12-19-9-8-10-20-14-16-22(23)26(21)25(19)20/h8-10,12-17H,1-7,11,18H2,(H,28,29). The molecule has 0 aliphatic carbocycles. The topological polar surface area (TPSA) is 63.6 Å². The number of ether oxygens (including phenoxy) is 1. The van der Waals surface area contributed by atoms with Crippen LogP contribution in [-0.4, -0.2) is 23.7 Å². The Hall–Kier alpha value is -3.14. The second-order valence-corrected chi connectivity index (χ2v) is 8.22. The van der Waals surface area contributed by atoms with Crippen LogP contribution in [0.2, 0.25) is 0 Å². The molecule has 0 atom stereocenters. The first-order chi connectivity index (χ1) is 15.1. The van der Waals surface area contributed by atoms with E-state index in [9.17, 15) is 9.59 Å². The van der Waals surface area contributed by atoms with Gasteiger partial charge in [0, 0.05) is 6.42 Å². The van der Waals surface area contributed by atoms with Crippen LogP contribution in [0.25, 0.3) is 32.3 Å². The van der Waals surface area contributed by atoms with Crippen LogP contribution >= 0.6 is 0 Å². The van der Waals surface area contributed by atoms with Crippen molar-refractivity contribution in [3.05, 3.63) is 60.2 Å². The van der Waals surface area contributed by atoms with Gasteiger partial charge in [-0.1, -0.05) is 80.6 Å². The second kappa shape index (κ2) is 9.78. The van der Waals surface area contributed by atoms with Gasteiger partial charge in [0.05, 0.1) is 12.2 Å². The zero-order chi connectivity index (χ0) is 21.6. The molecule has 0 fully saturated rings. The number of unbranched alkanes of at least 4 members (excludes halogenated alkanes) is 6. The van der Waals surface area contributed by atoms with Crippen LogP contribution in [0.3, 0.4) is 0 Å². The number of carboxylic acids is 1. The smallest absolute Gasteiger partial charge is 0.338 e. The molecule has 0 bridgehead atoms. The van der Waals surface area contributed by atoms with Crippen molar-refractivity contribution in [2.24, 2.45) is 0 Å². The predicted molar refractivity (Wildman–Crippen MR) is 125 cm³/mol. The molecule has 0 radical (unpaired) electrons. The number of esters is 1. The third-order valence-corrected chi connectivity index (χ3v) is 6.02. The van der Waals surface area contributed by atoms with Gasteiger partial charge in [0.2, 0.25) is 0 Å². The third kappa shape index (κ3) is 4.79. The summed E-state index contributed by atoms with van der Waals surface area (Å²) in [4.78, 5) is 23.3. The van der Waals surface area contributed by atoms with E-state index in [-0.39, 0.29) is 12.4 Å². The fourth-order valence-corrected chi connectivity index (χ4v) is 4.42. The lowest BCUT2D eigenvalue weighted by atomic mass is 9.92. The summed E-state index contributed by atoms with van der Waals surface area (Å²) in [5.41, 5.74) is 0.629. The van der Waals surface area contributed by atoms with Crippen LogP contribution < -0.4 is 0 Å². The molecule has 0 amide bonds. The highest BCUT2D eigenvalue weighted by Crippen LogP contribution is 2.36. The zero-order valence-corrected chi connectivity index (χ0v) is 17.7. The molecule has 31 heavy (non-hydrogen) atoms. The molecule has 0 aliphatic rings. The number of hydrogen-bond acceptors (Lipinski definition) is 3. The lowest BCUT2D eigenvalue weighted by Gasteiger charge is -2.13. The molecule has 160 valence electrons. The summed E-state index contributed by atoms with van der Waals surface area (Å²) >= 11 is 0. The second-order valence-electron chi connectivity index (χ2n) is 8.22. The average molecular weight is 417 g/mol. The Morgan fingerprint density at radius 2 is 1.26 bits per heavy atom. The highest BCUT2D eigenvalue weighted by molar-refractivity contribution is 6.25. The Balaban J connectivity index is 1.32. The van der Waals surface area contributed by atoms with Crippen molar-refractivity contribution in [2.75, 3.05) is 6.61 Å². The molecule has 0 aliphatic heterocycles. The van der Waals surface area contributed by atoms with Gasteiger partial charge in [0.25, 0.3) is 0 Å². The number of aliphatic carboxylic acids is 1. The van der Waals surface area contributed by atoms with E-state index in [1.54, 1.807) is 0 Å². The van der Waals surface area contributed by atoms with Gasteiger partial charge in [0.15, 0.2) is 0 Å². The summed E-state index contributed by atoms with van der Waals surface area (Å²) in [6, 6.07) is 18.5. The Morgan fingerprint density at radius 1 is 0.677 bits per heavy atom. The summed E-state index contributed by atoms with van der Waals surface area (Å²) in [7, 11) is 0. The maximum atomic E-state index is 12.8. The molecule has 1 N–H and O–H groups in total. The molecule has 0 spiro atoms. The van der Waals surface area contributed by atoms with Gasteiger partial charge in [-0.05, 0) is 51.2 Å². The Kier molecular flexibility index (Phi) is 6.66. The van der Waals surface area contributed by atoms with E-state index < -0.39 is 5.97 Å². The van der Waals surface area contributed by atoms with Crippen molar-refractivity contribution in [3.8, 4) is 0 Å². The fourth-order valence-electron chi connectivity index (χ4n) is 4.42. The molecule has 0 heterocycles. The van der Waals surface area contributed by atoms with Crippen molar-refractivity contribution < 1.29 is 19.4 Å². The van der Waals surface area contributed by atoms with Crippen molar-refractivity contribution in [3.63, 3.8) is 0 Å². The summed E-state index contributed by atoms with van der Waals surface area (Å²) in [5.74, 6) is -0.974. The highest BCUT2D eigenvalue weighted by atomic mass is 16.5. The lowest BCUT2D eigenvalue weighted by molar-refractivity contribution is -0.137. The maximum absolute atomic E-state index is 12.8. The number of carbonyl (C=O) groups is 2. The summed E-state index contributed by atoms with van der Waals surface area (Å²) in [5, 5.41) is 15.4. The van der Waals surface area contributed by atoms with Gasteiger partial charge in [-0.3, -0.25) is 4.79 Å². The van der Waals surface area contributed by atoms with E-state index >= 15 is 0 Å². The van der Waals surface area contributed by atoms with E-state index in [2.05, 4.69) is 36.4 Å². The van der Waals surface area contributed by atoms with Gasteiger partial charge in [-0.25, -0.2) is 4.79 Å². The molecule has 0 saturated heterocycles. The van der Waals surface area contributed by atoms with E-state index in [0.717, 1.165) is 61.1 Å². The predicted octanol–water partition coefficient (Wildman–Crippen LogP) is 6.95. The highest BCUT2D eigenvalue weighted by Gasteiger charge is 2.15. The third-order valence-electron chi connectivity index (χ3n) is 6.02. The zero-order valence-electron chi connectivity index (χ0n) is 17.7. The SMILES string of the molecule is O=C(O)CCCCCCCCCOC(=O)c1ccc2ccc3cccc4ccc1c2c34. The van der Waals surface area contributed by atoms with E-state index in [4.69, 9.17) is 9.84 Å². The Morgan fingerprint density at radius 3 is 1.97 bits per heavy atom. The molecule has 4 aromatic carbocycles. The summed E-state index contributed by atoms with van der Waals surface area (Å²) in [6.07, 6.45) is 7.11. The molecule has 4 aromatic rings. The minimum Gasteiger partial charge on any atom is -0.481 e. The minimum absolute atomic E-state index is 0.258. The van der Waals surface area contributed by atoms with Crippen molar-refractivity contribution in [2.45, 2.75) is 51.4 Å². The van der Waals surface area contributed by atoms with Gasteiger partial charge in [-0.2, -0.15) is 0 Å². The van der Waals surface area contributed by atoms with Crippen molar-refractivity contribution in [1.82, 2.24) is 0 Å². The van der Waals surface area contributed by atoms with Crippen LogP contribution in [0.1, 0.15) is 61.7 Å². The van der Waals surface area contributed by atoms with Gasteiger partial charge >= 0.3 is 11.9 Å². The first kappa shape index (κ1) is 21.1. The first-order valence-corrected chi connectivity index (χ1v) is 11.2. The molecule has 0 aromatic heterocycles. The molecular weight excluding hydrogens is 388 g/mol. The molecular formula is C27H28O4. The van der Waals surface area contributed by atoms with E-state index in [0.29, 0.717) is 12.2 Å². The number of benzene rings is 4. The maximum Gasteiger partial charge on any atom is 0.338 e. The van der Waals surface area contributed by atoms with Crippen LogP contribution in [0.4, 0.5) is 0 Å². The molecule has 0 saturated carbocycles.